The maximum Gasteiger partial charge on any atom is -0.0182 e. The molecule has 0 saturated carbocycles. The molecule has 0 bridgehead atoms. The molecule has 0 nitrogen and oxygen atoms in total. The van der Waals surface area contributed by atoms with Crippen LogP contribution in [0.25, 0.3) is 0 Å². The highest BCUT2D eigenvalue weighted by Gasteiger charge is 2.24. The van der Waals surface area contributed by atoms with Gasteiger partial charge in [0.2, 0.25) is 0 Å². The summed E-state index contributed by atoms with van der Waals surface area (Å²) in [6.45, 7) is 7.02. The van der Waals surface area contributed by atoms with Gasteiger partial charge < -0.3 is 0 Å². The SMILES string of the molecule is CCCCCCc1ccc2c(c1)C(C)CC2C. The van der Waals surface area contributed by atoms with E-state index in [1.165, 1.54) is 38.5 Å². The van der Waals surface area contributed by atoms with Crippen LogP contribution in [0, 0.1) is 0 Å². The van der Waals surface area contributed by atoms with Gasteiger partial charge in [0.15, 0.2) is 0 Å². The molecule has 2 unspecified atom stereocenters. The van der Waals surface area contributed by atoms with E-state index in [0.29, 0.717) is 0 Å². The Labute approximate surface area is 106 Å². The first-order valence-corrected chi connectivity index (χ1v) is 7.35. The lowest BCUT2D eigenvalue weighted by Crippen LogP contribution is -1.92. The summed E-state index contributed by atoms with van der Waals surface area (Å²) in [7, 11) is 0. The summed E-state index contributed by atoms with van der Waals surface area (Å²) in [4.78, 5) is 0. The Morgan fingerprint density at radius 1 is 1.00 bits per heavy atom. The van der Waals surface area contributed by atoms with E-state index in [1.807, 2.05) is 0 Å². The lowest BCUT2D eigenvalue weighted by molar-refractivity contribution is 0.659. The maximum absolute atomic E-state index is 2.48. The van der Waals surface area contributed by atoms with Crippen LogP contribution in [0.3, 0.4) is 0 Å². The fraction of sp³-hybridized carbons (Fsp3) is 0.647. The first-order valence-electron chi connectivity index (χ1n) is 7.35. The standard InChI is InChI=1S/C17H26/c1-4-5-6-7-8-15-9-10-16-13(2)11-14(3)17(16)12-15/h9-10,12-14H,4-8,11H2,1-3H3. The molecule has 0 spiro atoms. The molecule has 17 heavy (non-hydrogen) atoms. The minimum Gasteiger partial charge on any atom is -0.0654 e. The average Bonchev–Trinajstić information content (AvgIpc) is 2.61. The number of hydrogen-bond acceptors (Lipinski definition) is 0. The van der Waals surface area contributed by atoms with Crippen LogP contribution in [-0.2, 0) is 6.42 Å². The van der Waals surface area contributed by atoms with Crippen LogP contribution in [-0.4, -0.2) is 0 Å². The zero-order chi connectivity index (χ0) is 12.3. The highest BCUT2D eigenvalue weighted by molar-refractivity contribution is 5.40. The van der Waals surface area contributed by atoms with Crippen LogP contribution < -0.4 is 0 Å². The molecule has 1 aromatic rings. The number of unbranched alkanes of at least 4 members (excludes halogenated alkanes) is 3. The Bertz CT molecular complexity index is 364. The van der Waals surface area contributed by atoms with Gasteiger partial charge in [-0.15, -0.1) is 0 Å². The smallest absolute Gasteiger partial charge is 0.0182 e. The second-order valence-electron chi connectivity index (χ2n) is 5.81. The van der Waals surface area contributed by atoms with Gasteiger partial charge in [-0.05, 0) is 47.8 Å². The molecule has 1 aliphatic carbocycles. The molecule has 94 valence electrons. The van der Waals surface area contributed by atoms with E-state index < -0.39 is 0 Å². The van der Waals surface area contributed by atoms with Crippen molar-refractivity contribution in [1.29, 1.82) is 0 Å². The molecule has 2 rings (SSSR count). The Balaban J connectivity index is 1.99. The fourth-order valence-corrected chi connectivity index (χ4v) is 3.20. The average molecular weight is 230 g/mol. The van der Waals surface area contributed by atoms with E-state index in [0.717, 1.165) is 11.8 Å². The van der Waals surface area contributed by atoms with Crippen molar-refractivity contribution >= 4 is 0 Å². The summed E-state index contributed by atoms with van der Waals surface area (Å²) in [6, 6.07) is 7.23. The zero-order valence-electron chi connectivity index (χ0n) is 11.6. The summed E-state index contributed by atoms with van der Waals surface area (Å²) in [5.41, 5.74) is 4.79. The Morgan fingerprint density at radius 3 is 2.53 bits per heavy atom. The molecular weight excluding hydrogens is 204 g/mol. The van der Waals surface area contributed by atoms with E-state index in [2.05, 4.69) is 39.0 Å². The number of aryl methyl sites for hydroxylation is 1. The Morgan fingerprint density at radius 2 is 1.76 bits per heavy atom. The van der Waals surface area contributed by atoms with Gasteiger partial charge in [0.25, 0.3) is 0 Å². The highest BCUT2D eigenvalue weighted by Crippen LogP contribution is 2.41. The third kappa shape index (κ3) is 2.91. The van der Waals surface area contributed by atoms with Gasteiger partial charge in [-0.1, -0.05) is 58.2 Å². The lowest BCUT2D eigenvalue weighted by Gasteiger charge is -2.08. The first-order chi connectivity index (χ1) is 8.22. The molecule has 0 heteroatoms. The molecule has 0 saturated heterocycles. The van der Waals surface area contributed by atoms with Crippen molar-refractivity contribution in [1.82, 2.24) is 0 Å². The molecule has 1 aromatic carbocycles. The predicted molar refractivity (Wildman–Crippen MR) is 75.7 cm³/mol. The second-order valence-corrected chi connectivity index (χ2v) is 5.81. The van der Waals surface area contributed by atoms with Gasteiger partial charge in [-0.2, -0.15) is 0 Å². The third-order valence-corrected chi connectivity index (χ3v) is 4.24. The molecule has 0 fully saturated rings. The van der Waals surface area contributed by atoms with Gasteiger partial charge in [-0.3, -0.25) is 0 Å². The van der Waals surface area contributed by atoms with E-state index in [1.54, 1.807) is 16.7 Å². The van der Waals surface area contributed by atoms with Crippen molar-refractivity contribution < 1.29 is 0 Å². The quantitative estimate of drug-likeness (QED) is 0.592. The molecule has 0 heterocycles. The van der Waals surface area contributed by atoms with Crippen molar-refractivity contribution in [3.8, 4) is 0 Å². The third-order valence-electron chi connectivity index (χ3n) is 4.24. The van der Waals surface area contributed by atoms with Gasteiger partial charge >= 0.3 is 0 Å². The largest absolute Gasteiger partial charge is 0.0654 e. The number of rotatable bonds is 5. The molecule has 0 aromatic heterocycles. The van der Waals surface area contributed by atoms with Crippen molar-refractivity contribution in [2.24, 2.45) is 0 Å². The highest BCUT2D eigenvalue weighted by atomic mass is 14.3. The van der Waals surface area contributed by atoms with Crippen molar-refractivity contribution in [2.45, 2.75) is 71.1 Å². The predicted octanol–water partition coefficient (Wildman–Crippen LogP) is 5.42. The van der Waals surface area contributed by atoms with E-state index in [9.17, 15) is 0 Å². The van der Waals surface area contributed by atoms with Crippen molar-refractivity contribution in [3.63, 3.8) is 0 Å². The summed E-state index contributed by atoms with van der Waals surface area (Å²) < 4.78 is 0. The summed E-state index contributed by atoms with van der Waals surface area (Å²) in [5.74, 6) is 1.55. The normalized spacial score (nSPS) is 22.8. The maximum atomic E-state index is 2.48. The molecule has 0 amide bonds. The number of fused-ring (bicyclic) bond motifs is 1. The molecule has 1 aliphatic rings. The van der Waals surface area contributed by atoms with Gasteiger partial charge in [-0.25, -0.2) is 0 Å². The van der Waals surface area contributed by atoms with Gasteiger partial charge in [0.05, 0.1) is 0 Å². The molecule has 0 aliphatic heterocycles. The second kappa shape index (κ2) is 5.71. The first kappa shape index (κ1) is 12.7. The minimum atomic E-state index is 0.772. The van der Waals surface area contributed by atoms with E-state index in [-0.39, 0.29) is 0 Å². The summed E-state index contributed by atoms with van der Waals surface area (Å²) >= 11 is 0. The van der Waals surface area contributed by atoms with Crippen LogP contribution in [0.4, 0.5) is 0 Å². The topological polar surface area (TPSA) is 0 Å². The Kier molecular flexibility index (Phi) is 4.25. The number of hydrogen-bond donors (Lipinski definition) is 0. The van der Waals surface area contributed by atoms with Crippen molar-refractivity contribution in [2.75, 3.05) is 0 Å². The minimum absolute atomic E-state index is 0.772. The van der Waals surface area contributed by atoms with Crippen LogP contribution in [0.2, 0.25) is 0 Å². The van der Waals surface area contributed by atoms with Gasteiger partial charge in [0.1, 0.15) is 0 Å². The van der Waals surface area contributed by atoms with Crippen LogP contribution >= 0.6 is 0 Å². The van der Waals surface area contributed by atoms with Crippen LogP contribution in [0.15, 0.2) is 18.2 Å². The summed E-state index contributed by atoms with van der Waals surface area (Å²) in [6.07, 6.45) is 8.08. The molecular formula is C17H26. The molecule has 0 N–H and O–H groups in total. The zero-order valence-corrected chi connectivity index (χ0v) is 11.6. The Hall–Kier alpha value is -0.780. The molecule has 2 atom stereocenters. The summed E-state index contributed by atoms with van der Waals surface area (Å²) in [5, 5.41) is 0. The van der Waals surface area contributed by atoms with E-state index in [4.69, 9.17) is 0 Å². The molecule has 0 radical (unpaired) electrons. The van der Waals surface area contributed by atoms with Gasteiger partial charge in [0, 0.05) is 0 Å². The van der Waals surface area contributed by atoms with Crippen LogP contribution in [0.1, 0.15) is 81.4 Å². The van der Waals surface area contributed by atoms with E-state index >= 15 is 0 Å². The van der Waals surface area contributed by atoms with Crippen molar-refractivity contribution in [3.05, 3.63) is 34.9 Å². The monoisotopic (exact) mass is 230 g/mol. The lowest BCUT2D eigenvalue weighted by atomic mass is 9.97. The number of benzene rings is 1. The van der Waals surface area contributed by atoms with Crippen LogP contribution in [0.5, 0.6) is 0 Å². The fourth-order valence-electron chi connectivity index (χ4n) is 3.20.